The van der Waals surface area contributed by atoms with E-state index in [-0.39, 0.29) is 23.0 Å². The van der Waals surface area contributed by atoms with E-state index in [0.717, 1.165) is 36.1 Å². The highest BCUT2D eigenvalue weighted by atomic mass is 35.5. The molecule has 0 fully saturated rings. The first-order chi connectivity index (χ1) is 11.2. The fourth-order valence-electron chi connectivity index (χ4n) is 2.74. The van der Waals surface area contributed by atoms with Crippen molar-refractivity contribution in [1.29, 1.82) is 0 Å². The molecule has 2 aromatic carbocycles. The van der Waals surface area contributed by atoms with Crippen molar-refractivity contribution in [1.82, 2.24) is 10.3 Å². The molecule has 6 nitrogen and oxygen atoms in total. The van der Waals surface area contributed by atoms with Crippen LogP contribution >= 0.6 is 12.4 Å². The third kappa shape index (κ3) is 3.39. The van der Waals surface area contributed by atoms with E-state index in [9.17, 15) is 10.1 Å². The summed E-state index contributed by atoms with van der Waals surface area (Å²) in [6.45, 7) is 1.62. The second kappa shape index (κ2) is 7.90. The second-order valence-corrected chi connectivity index (χ2v) is 5.32. The first-order valence-electron chi connectivity index (χ1n) is 7.56. The van der Waals surface area contributed by atoms with Crippen LogP contribution in [0.2, 0.25) is 0 Å². The first kappa shape index (κ1) is 17.9. The number of non-ortho nitro benzene ring substituents is 1. The number of nitrogens with one attached hydrogen (secondary N) is 2. The Morgan fingerprint density at radius 3 is 2.58 bits per heavy atom. The lowest BCUT2D eigenvalue weighted by atomic mass is 10.1. The molecule has 0 aliphatic rings. The van der Waals surface area contributed by atoms with Crippen LogP contribution < -0.4 is 10.6 Å². The third-order valence-electron chi connectivity index (χ3n) is 3.79. The van der Waals surface area contributed by atoms with Crippen molar-refractivity contribution in [2.24, 2.45) is 0 Å². The van der Waals surface area contributed by atoms with E-state index in [2.05, 4.69) is 15.6 Å². The molecule has 0 radical (unpaired) electrons. The molecule has 0 spiro atoms. The number of aromatic nitrogens is 1. The van der Waals surface area contributed by atoms with Crippen LogP contribution in [0.5, 0.6) is 0 Å². The van der Waals surface area contributed by atoms with Crippen LogP contribution in [0.3, 0.4) is 0 Å². The van der Waals surface area contributed by atoms with E-state index in [1.807, 2.05) is 37.4 Å². The summed E-state index contributed by atoms with van der Waals surface area (Å²) < 4.78 is 0. The topological polar surface area (TPSA) is 80.1 Å². The van der Waals surface area contributed by atoms with Crippen LogP contribution in [-0.2, 0) is 0 Å². The van der Waals surface area contributed by atoms with Crippen molar-refractivity contribution < 1.29 is 4.92 Å². The maximum Gasteiger partial charge on any atom is 0.280 e. The Hall–Kier alpha value is -2.44. The van der Waals surface area contributed by atoms with Gasteiger partial charge in [0.2, 0.25) is 0 Å². The van der Waals surface area contributed by atoms with Gasteiger partial charge in [-0.2, -0.15) is 0 Å². The molecule has 0 saturated heterocycles. The zero-order valence-electron chi connectivity index (χ0n) is 13.3. The molecular formula is C17H19ClN4O2. The van der Waals surface area contributed by atoms with E-state index in [4.69, 9.17) is 0 Å². The maximum atomic E-state index is 11.4. The van der Waals surface area contributed by atoms with Crippen molar-refractivity contribution in [3.8, 4) is 0 Å². The number of fused-ring (bicyclic) bond motifs is 2. The molecule has 0 saturated carbocycles. The number of hydrogen-bond donors (Lipinski definition) is 2. The molecule has 0 unspecified atom stereocenters. The molecule has 0 aliphatic heterocycles. The highest BCUT2D eigenvalue weighted by Crippen LogP contribution is 2.36. The minimum atomic E-state index is -0.350. The summed E-state index contributed by atoms with van der Waals surface area (Å²) in [5, 5.41) is 19.4. The van der Waals surface area contributed by atoms with Crippen molar-refractivity contribution >= 4 is 45.6 Å². The van der Waals surface area contributed by atoms with Crippen molar-refractivity contribution in [2.45, 2.75) is 6.42 Å². The maximum absolute atomic E-state index is 11.4. The number of para-hydroxylation sites is 1. The Bertz CT molecular complexity index is 870. The lowest BCUT2D eigenvalue weighted by Crippen LogP contribution is -2.13. The Morgan fingerprint density at radius 2 is 1.83 bits per heavy atom. The highest BCUT2D eigenvalue weighted by Gasteiger charge is 2.18. The Balaban J connectivity index is 0.00000208. The Morgan fingerprint density at radius 1 is 1.08 bits per heavy atom. The SMILES string of the molecule is CNCCCNc1c2ccccc2nc2cccc([N+](=O)[O-])c12.Cl. The molecule has 126 valence electrons. The number of anilines is 1. The summed E-state index contributed by atoms with van der Waals surface area (Å²) >= 11 is 0. The molecular weight excluding hydrogens is 328 g/mol. The van der Waals surface area contributed by atoms with E-state index in [1.165, 1.54) is 6.07 Å². The normalized spacial score (nSPS) is 10.5. The molecule has 3 aromatic rings. The van der Waals surface area contributed by atoms with Crippen LogP contribution in [0.4, 0.5) is 11.4 Å². The van der Waals surface area contributed by atoms with Crippen LogP contribution in [0, 0.1) is 10.1 Å². The highest BCUT2D eigenvalue weighted by molar-refractivity contribution is 6.11. The zero-order chi connectivity index (χ0) is 16.2. The van der Waals surface area contributed by atoms with Crippen LogP contribution in [0.25, 0.3) is 21.8 Å². The van der Waals surface area contributed by atoms with Crippen molar-refractivity contribution in [3.05, 3.63) is 52.6 Å². The summed E-state index contributed by atoms with van der Waals surface area (Å²) in [6, 6.07) is 12.7. The molecule has 1 heterocycles. The summed E-state index contributed by atoms with van der Waals surface area (Å²) in [5.74, 6) is 0. The molecule has 24 heavy (non-hydrogen) atoms. The van der Waals surface area contributed by atoms with Crippen molar-refractivity contribution in [3.63, 3.8) is 0 Å². The fraction of sp³-hybridized carbons (Fsp3) is 0.235. The largest absolute Gasteiger partial charge is 0.384 e. The molecule has 2 N–H and O–H groups in total. The van der Waals surface area contributed by atoms with Gasteiger partial charge in [-0.1, -0.05) is 24.3 Å². The number of nitro benzene ring substituents is 1. The molecule has 0 aliphatic carbocycles. The number of rotatable bonds is 6. The van der Waals surface area contributed by atoms with E-state index < -0.39 is 0 Å². The lowest BCUT2D eigenvalue weighted by Gasteiger charge is -2.13. The van der Waals surface area contributed by atoms with Crippen LogP contribution in [0.15, 0.2) is 42.5 Å². The van der Waals surface area contributed by atoms with E-state index >= 15 is 0 Å². The molecule has 7 heteroatoms. The number of nitrogens with zero attached hydrogens (tertiary/aromatic N) is 2. The number of benzene rings is 2. The fourth-order valence-corrected chi connectivity index (χ4v) is 2.74. The van der Waals surface area contributed by atoms with Gasteiger partial charge in [-0.25, -0.2) is 4.98 Å². The number of pyridine rings is 1. The molecule has 1 aromatic heterocycles. The summed E-state index contributed by atoms with van der Waals surface area (Å²) in [5.41, 5.74) is 2.33. The van der Waals surface area contributed by atoms with Gasteiger partial charge in [-0.05, 0) is 32.1 Å². The second-order valence-electron chi connectivity index (χ2n) is 5.32. The average Bonchev–Trinajstić information content (AvgIpc) is 2.57. The van der Waals surface area contributed by atoms with E-state index in [0.29, 0.717) is 10.9 Å². The van der Waals surface area contributed by atoms with Gasteiger partial charge in [-0.15, -0.1) is 12.4 Å². The molecule has 0 bridgehead atoms. The monoisotopic (exact) mass is 346 g/mol. The quantitative estimate of drug-likeness (QED) is 0.307. The van der Waals surface area contributed by atoms with Crippen LogP contribution in [-0.4, -0.2) is 30.0 Å². The van der Waals surface area contributed by atoms with Gasteiger partial charge >= 0.3 is 0 Å². The summed E-state index contributed by atoms with van der Waals surface area (Å²) in [6.07, 6.45) is 0.926. The average molecular weight is 347 g/mol. The summed E-state index contributed by atoms with van der Waals surface area (Å²) in [4.78, 5) is 15.6. The Labute approximate surface area is 145 Å². The standard InChI is InChI=1S/C17H18N4O2.ClH/c1-18-10-5-11-19-17-12-6-2-3-7-13(12)20-14-8-4-9-15(16(14)17)21(22)23;/h2-4,6-9,18H,5,10-11H2,1H3,(H,19,20);1H. The lowest BCUT2D eigenvalue weighted by molar-refractivity contribution is -0.383. The minimum Gasteiger partial charge on any atom is -0.384 e. The molecule has 0 amide bonds. The predicted octanol–water partition coefficient (Wildman–Crippen LogP) is 3.74. The van der Waals surface area contributed by atoms with Gasteiger partial charge in [0.05, 0.1) is 21.6 Å². The Kier molecular flexibility index (Phi) is 5.89. The van der Waals surface area contributed by atoms with E-state index in [1.54, 1.807) is 6.07 Å². The molecule has 3 rings (SSSR count). The van der Waals surface area contributed by atoms with Gasteiger partial charge in [-0.3, -0.25) is 10.1 Å². The smallest absolute Gasteiger partial charge is 0.280 e. The van der Waals surface area contributed by atoms with Crippen LogP contribution in [0.1, 0.15) is 6.42 Å². The zero-order valence-corrected chi connectivity index (χ0v) is 14.1. The number of hydrogen-bond acceptors (Lipinski definition) is 5. The van der Waals surface area contributed by atoms with Gasteiger partial charge in [0, 0.05) is 18.0 Å². The minimum absolute atomic E-state index is 0. The van der Waals surface area contributed by atoms with Gasteiger partial charge in [0.25, 0.3) is 5.69 Å². The number of nitro groups is 1. The molecule has 0 atom stereocenters. The van der Waals surface area contributed by atoms with Gasteiger partial charge < -0.3 is 10.6 Å². The van der Waals surface area contributed by atoms with Gasteiger partial charge in [0.1, 0.15) is 5.39 Å². The third-order valence-corrected chi connectivity index (χ3v) is 3.79. The predicted molar refractivity (Wildman–Crippen MR) is 100 cm³/mol. The van der Waals surface area contributed by atoms with Crippen molar-refractivity contribution in [2.75, 3.05) is 25.5 Å². The number of halogens is 1. The first-order valence-corrected chi connectivity index (χ1v) is 7.56. The van der Waals surface area contributed by atoms with Gasteiger partial charge in [0.15, 0.2) is 0 Å². The summed E-state index contributed by atoms with van der Waals surface area (Å²) in [7, 11) is 1.90.